The van der Waals surface area contributed by atoms with Crippen LogP contribution in [0.1, 0.15) is 55.5 Å². The number of aromatic nitrogens is 4. The van der Waals surface area contributed by atoms with E-state index in [4.69, 9.17) is 26.5 Å². The van der Waals surface area contributed by atoms with Crippen LogP contribution in [-0.2, 0) is 10.8 Å². The van der Waals surface area contributed by atoms with Gasteiger partial charge in [-0.15, -0.1) is 0 Å². The number of nitriles is 1. The maximum atomic E-state index is 9.51. The first-order valence-electron chi connectivity index (χ1n) is 34.6. The minimum Gasteiger partial charge on any atom is -0.238 e. The van der Waals surface area contributed by atoms with Gasteiger partial charge < -0.3 is 0 Å². The van der Waals surface area contributed by atoms with Gasteiger partial charge in [-0.1, -0.05) is 295 Å². The summed E-state index contributed by atoms with van der Waals surface area (Å²) in [5.74, 6) is 1.39. The van der Waals surface area contributed by atoms with Gasteiger partial charge in [0.25, 0.3) is 0 Å². The molecule has 0 unspecified atom stereocenters. The van der Waals surface area contributed by atoms with Crippen molar-refractivity contribution < 1.29 is 0 Å². The van der Waals surface area contributed by atoms with E-state index < -0.39 is 0 Å². The normalized spacial score (nSPS) is 12.6. The first-order chi connectivity index (χ1) is 49.9. The highest BCUT2D eigenvalue weighted by atomic mass is 14.9. The van der Waals surface area contributed by atoms with Gasteiger partial charge >= 0.3 is 0 Å². The van der Waals surface area contributed by atoms with Crippen molar-refractivity contribution in [3.63, 3.8) is 0 Å². The van der Waals surface area contributed by atoms with Crippen LogP contribution in [0.25, 0.3) is 161 Å². The molecule has 0 amide bonds. The summed E-state index contributed by atoms with van der Waals surface area (Å²) in [5, 5.41) is 14.3. The zero-order chi connectivity index (χ0) is 69.1. The maximum Gasteiger partial charge on any atom is 0.195 e. The summed E-state index contributed by atoms with van der Waals surface area (Å²) in [4.78, 5) is 24.3. The molecule has 0 N–H and O–H groups in total. The van der Waals surface area contributed by atoms with E-state index in [1.54, 1.807) is 0 Å². The van der Waals surface area contributed by atoms with Crippen LogP contribution in [-0.4, -0.2) is 19.9 Å². The van der Waals surface area contributed by atoms with E-state index in [2.05, 4.69) is 306 Å². The number of hydrogen-bond acceptors (Lipinski definition) is 5. The van der Waals surface area contributed by atoms with Gasteiger partial charge in [-0.25, -0.2) is 24.8 Å². The van der Waals surface area contributed by atoms with Gasteiger partial charge in [-0.05, 0) is 171 Å². The summed E-state index contributed by atoms with van der Waals surface area (Å²) in [6, 6.07) is 117. The molecule has 2 aliphatic rings. The average Bonchev–Trinajstić information content (AvgIpc) is 1.57. The first kappa shape index (κ1) is 62.3. The fourth-order valence-corrected chi connectivity index (χ4v) is 15.2. The fourth-order valence-electron chi connectivity index (χ4n) is 15.2. The monoisotopic (exact) mass is 1300 g/mol. The lowest BCUT2D eigenvalue weighted by Gasteiger charge is -2.22. The Morgan fingerprint density at radius 1 is 0.275 bits per heavy atom. The van der Waals surface area contributed by atoms with E-state index >= 15 is 0 Å². The van der Waals surface area contributed by atoms with Crippen LogP contribution >= 0.6 is 0 Å². The Hall–Kier alpha value is -13.3. The van der Waals surface area contributed by atoms with Crippen molar-refractivity contribution >= 4 is 27.2 Å². The highest BCUT2D eigenvalue weighted by Crippen LogP contribution is 2.56. The second-order valence-electron chi connectivity index (χ2n) is 27.5. The Morgan fingerprint density at radius 3 is 1.25 bits per heavy atom. The van der Waals surface area contributed by atoms with Crippen LogP contribution in [0.2, 0.25) is 0 Å². The predicted octanol–water partition coefficient (Wildman–Crippen LogP) is 25.0. The Bertz CT molecular complexity index is 5940. The lowest BCUT2D eigenvalue weighted by molar-refractivity contribution is 0.660. The van der Waals surface area contributed by atoms with Crippen LogP contribution < -0.4 is 0 Å². The molecular formula is C96H66N6. The second-order valence-corrected chi connectivity index (χ2v) is 27.5. The average molecular weight is 1300 g/mol. The summed E-state index contributed by atoms with van der Waals surface area (Å²) in [6.07, 6.45) is 0. The van der Waals surface area contributed by atoms with E-state index in [0.29, 0.717) is 22.9 Å². The number of rotatable bonds is 10. The van der Waals surface area contributed by atoms with Gasteiger partial charge in [0.1, 0.15) is 0 Å². The third kappa shape index (κ3) is 11.4. The van der Waals surface area contributed by atoms with Crippen molar-refractivity contribution in [3.8, 4) is 141 Å². The van der Waals surface area contributed by atoms with E-state index in [9.17, 15) is 5.26 Å². The van der Waals surface area contributed by atoms with Gasteiger partial charge in [0.15, 0.2) is 17.3 Å². The maximum absolute atomic E-state index is 9.51. The van der Waals surface area contributed by atoms with Crippen LogP contribution in [0, 0.1) is 17.9 Å². The zero-order valence-electron chi connectivity index (χ0n) is 56.9. The summed E-state index contributed by atoms with van der Waals surface area (Å²) in [5.41, 5.74) is 29.6. The molecule has 18 rings (SSSR count). The van der Waals surface area contributed by atoms with Gasteiger partial charge in [-0.3, -0.25) is 0 Å². The molecule has 2 aliphatic carbocycles. The molecule has 0 saturated carbocycles. The molecule has 0 aliphatic heterocycles. The number of benzene rings is 14. The van der Waals surface area contributed by atoms with Crippen molar-refractivity contribution in [3.05, 3.63) is 367 Å². The molecule has 16 aromatic rings. The lowest BCUT2D eigenvalue weighted by Crippen LogP contribution is -2.15. The molecule has 0 bridgehead atoms. The summed E-state index contributed by atoms with van der Waals surface area (Å²) in [7, 11) is 0. The molecule has 0 radical (unpaired) electrons. The van der Waals surface area contributed by atoms with Crippen LogP contribution in [0.15, 0.2) is 328 Å². The molecule has 0 fully saturated rings. The summed E-state index contributed by atoms with van der Waals surface area (Å²) < 4.78 is 0. The second kappa shape index (κ2) is 25.5. The molecule has 0 atom stereocenters. The molecular weight excluding hydrogens is 1240 g/mol. The molecule has 2 aromatic heterocycles. The molecule has 14 aromatic carbocycles. The van der Waals surface area contributed by atoms with Crippen molar-refractivity contribution in [2.75, 3.05) is 0 Å². The molecule has 0 spiro atoms. The Morgan fingerprint density at radius 2 is 0.667 bits per heavy atom. The minimum atomic E-state index is -0.186. The fraction of sp³-hybridized carbons (Fsp3) is 0.0625. The third-order valence-electron chi connectivity index (χ3n) is 20.6. The van der Waals surface area contributed by atoms with Crippen molar-refractivity contribution in [2.45, 2.75) is 38.5 Å². The summed E-state index contributed by atoms with van der Waals surface area (Å²) >= 11 is 0. The van der Waals surface area contributed by atoms with Gasteiger partial charge in [0, 0.05) is 44.2 Å². The minimum absolute atomic E-state index is 0.177. The van der Waals surface area contributed by atoms with E-state index in [1.807, 2.05) is 60.7 Å². The predicted molar refractivity (Wildman–Crippen MR) is 420 cm³/mol. The van der Waals surface area contributed by atoms with Crippen LogP contribution in [0.3, 0.4) is 0 Å². The highest BCUT2D eigenvalue weighted by molar-refractivity contribution is 5.99. The number of nitrogens with zero attached hydrogens (tertiary/aromatic N) is 6. The standard InChI is InChI=1S/C52H35N3.C44H31N3/c1-52(2)44-18-9-17-43(49(44)50-45(52)19-10-20-46(50)53-3)36-25-21-35(22-26-36)39-15-8-16-42(31-39)51-54-47(40-27-23-33-11-4-6-13-37(33)29-40)32-48(55-51)41-28-24-34-12-5-7-14-38(34)30-41;1-44(2)39-23-29(28-45)19-21-37(39)38-22-20-35(26-40(38)44)33-16-9-15-32(24-33)34-17-10-18-36(25-34)42-27-41(30-11-5-3-6-12-30)46-43(47-42)31-13-7-4-8-14-31/h4-32H,1-2H3;3-27H,1-2H3. The van der Waals surface area contributed by atoms with Gasteiger partial charge in [-0.2, -0.15) is 5.26 Å². The van der Waals surface area contributed by atoms with Crippen LogP contribution in [0.5, 0.6) is 0 Å². The summed E-state index contributed by atoms with van der Waals surface area (Å²) in [6.45, 7) is 17.0. The topological polar surface area (TPSA) is 79.7 Å². The van der Waals surface area contributed by atoms with Crippen molar-refractivity contribution in [2.24, 2.45) is 0 Å². The van der Waals surface area contributed by atoms with E-state index in [-0.39, 0.29) is 10.8 Å². The SMILES string of the molecule is CC1(C)c2cc(C#N)ccc2-c2ccc(-c3cccc(-c4cccc(-c5cc(-c6ccccc6)nc(-c6ccccc6)n5)c4)c3)cc21.[C-]#[N+]c1cccc2c1-c1c(-c3ccc(-c4cccc(-c5nc(-c6ccc7ccccc7c6)cc(-c6ccc7ccccc7c6)n5)c4)cc3)cccc1C2(C)C. The smallest absolute Gasteiger partial charge is 0.195 e. The van der Waals surface area contributed by atoms with Gasteiger partial charge in [0.2, 0.25) is 0 Å². The van der Waals surface area contributed by atoms with Crippen molar-refractivity contribution in [1.82, 2.24) is 19.9 Å². The Balaban J connectivity index is 0.000000154. The van der Waals surface area contributed by atoms with E-state index in [1.165, 1.54) is 71.6 Å². The quantitative estimate of drug-likeness (QED) is 0.128. The van der Waals surface area contributed by atoms with Gasteiger partial charge in [0.05, 0.1) is 41.0 Å². The Kier molecular flexibility index (Phi) is 15.6. The highest BCUT2D eigenvalue weighted by Gasteiger charge is 2.39. The molecule has 2 heterocycles. The Labute approximate surface area is 594 Å². The zero-order valence-corrected chi connectivity index (χ0v) is 56.9. The van der Waals surface area contributed by atoms with E-state index in [0.717, 1.165) is 95.1 Å². The first-order valence-corrected chi connectivity index (χ1v) is 34.6. The molecule has 480 valence electrons. The molecule has 6 nitrogen and oxygen atoms in total. The third-order valence-corrected chi connectivity index (χ3v) is 20.6. The molecule has 0 saturated heterocycles. The van der Waals surface area contributed by atoms with Crippen molar-refractivity contribution in [1.29, 1.82) is 5.26 Å². The number of hydrogen-bond donors (Lipinski definition) is 0. The molecule has 102 heavy (non-hydrogen) atoms. The molecule has 6 heteroatoms. The largest absolute Gasteiger partial charge is 0.238 e. The number of fused-ring (bicyclic) bond motifs is 8. The van der Waals surface area contributed by atoms with Crippen LogP contribution in [0.4, 0.5) is 5.69 Å². The lowest BCUT2D eigenvalue weighted by atomic mass is 9.81.